The van der Waals surface area contributed by atoms with E-state index < -0.39 is 0 Å². The van der Waals surface area contributed by atoms with Crippen LogP contribution in [0.15, 0.2) is 64.2 Å². The molecule has 0 N–H and O–H groups in total. The van der Waals surface area contributed by atoms with Gasteiger partial charge < -0.3 is 0 Å². The highest BCUT2D eigenvalue weighted by Crippen LogP contribution is 2.14. The van der Waals surface area contributed by atoms with E-state index in [2.05, 4.69) is 61.3 Å². The monoisotopic (exact) mass is 417 g/mol. The predicted octanol–water partition coefficient (Wildman–Crippen LogP) is 4.88. The molecule has 0 bridgehead atoms. The molecule has 0 aromatic heterocycles. The Morgan fingerprint density at radius 3 is 2.36 bits per heavy atom. The minimum atomic E-state index is 0.789. The number of hydrogen-bond acceptors (Lipinski definition) is 3. The molecule has 1 fully saturated rings. The highest BCUT2D eigenvalue weighted by molar-refractivity contribution is 9.12. The Labute approximate surface area is 162 Å². The zero-order valence-corrected chi connectivity index (χ0v) is 16.3. The van der Waals surface area contributed by atoms with Crippen molar-refractivity contribution < 1.29 is 0 Å². The SMILES string of the molecule is Clc1ccc(CN2CCN(/N=C\C(Br)=C/c3ccccc3)CC2)cc1. The van der Waals surface area contributed by atoms with Crippen molar-refractivity contribution in [3.63, 3.8) is 0 Å². The average molecular weight is 419 g/mol. The van der Waals surface area contributed by atoms with Crippen molar-refractivity contribution in [2.45, 2.75) is 6.54 Å². The zero-order chi connectivity index (χ0) is 17.5. The molecule has 2 aromatic rings. The van der Waals surface area contributed by atoms with Crippen molar-refractivity contribution in [2.75, 3.05) is 26.2 Å². The summed E-state index contributed by atoms with van der Waals surface area (Å²) in [4.78, 5) is 2.45. The van der Waals surface area contributed by atoms with Crippen LogP contribution in [0.4, 0.5) is 0 Å². The van der Waals surface area contributed by atoms with Crippen molar-refractivity contribution in [3.8, 4) is 0 Å². The van der Waals surface area contributed by atoms with Gasteiger partial charge in [0, 0.05) is 42.2 Å². The Hall–Kier alpha value is -1.62. The number of rotatable bonds is 5. The van der Waals surface area contributed by atoms with Crippen LogP contribution in [0.25, 0.3) is 6.08 Å². The van der Waals surface area contributed by atoms with E-state index >= 15 is 0 Å². The van der Waals surface area contributed by atoms with E-state index in [0.29, 0.717) is 0 Å². The van der Waals surface area contributed by atoms with Gasteiger partial charge in [-0.2, -0.15) is 5.10 Å². The number of halogens is 2. The maximum Gasteiger partial charge on any atom is 0.0612 e. The van der Waals surface area contributed by atoms with Crippen LogP contribution in [0.3, 0.4) is 0 Å². The summed E-state index contributed by atoms with van der Waals surface area (Å²) in [6.07, 6.45) is 3.95. The quantitative estimate of drug-likeness (QED) is 0.645. The van der Waals surface area contributed by atoms with Gasteiger partial charge in [-0.1, -0.05) is 54.1 Å². The second-order valence-corrected chi connectivity index (χ2v) is 7.39. The first-order chi connectivity index (χ1) is 12.2. The number of nitrogens with zero attached hydrogens (tertiary/aromatic N) is 3. The van der Waals surface area contributed by atoms with E-state index in [1.165, 1.54) is 5.56 Å². The second-order valence-electron chi connectivity index (χ2n) is 6.04. The second kappa shape index (κ2) is 9.18. The summed E-state index contributed by atoms with van der Waals surface area (Å²) in [6.45, 7) is 4.87. The molecular weight excluding hydrogens is 398 g/mol. The van der Waals surface area contributed by atoms with Crippen LogP contribution in [-0.4, -0.2) is 42.3 Å². The third kappa shape index (κ3) is 5.99. The standard InChI is InChI=1S/C20H21BrClN3/c21-19(14-17-4-2-1-3-5-17)15-23-25-12-10-24(11-13-25)16-18-6-8-20(22)9-7-18/h1-9,14-15H,10-13,16H2/b19-14+,23-15-. The van der Waals surface area contributed by atoms with Gasteiger partial charge in [0.15, 0.2) is 0 Å². The van der Waals surface area contributed by atoms with Gasteiger partial charge in [0.1, 0.15) is 0 Å². The normalized spacial score (nSPS) is 16.6. The largest absolute Gasteiger partial charge is 0.295 e. The summed E-state index contributed by atoms with van der Waals surface area (Å²) in [6, 6.07) is 18.3. The van der Waals surface area contributed by atoms with E-state index in [-0.39, 0.29) is 0 Å². The minimum Gasteiger partial charge on any atom is -0.295 e. The minimum absolute atomic E-state index is 0.789. The first-order valence-corrected chi connectivity index (χ1v) is 9.54. The molecule has 25 heavy (non-hydrogen) atoms. The predicted molar refractivity (Wildman–Crippen MR) is 110 cm³/mol. The number of hydrazone groups is 1. The van der Waals surface area contributed by atoms with E-state index in [4.69, 9.17) is 11.6 Å². The molecule has 5 heteroatoms. The molecule has 1 aliphatic heterocycles. The first kappa shape index (κ1) is 18.2. The lowest BCUT2D eigenvalue weighted by Crippen LogP contribution is -2.43. The molecule has 0 amide bonds. The Balaban J connectivity index is 1.47. The highest BCUT2D eigenvalue weighted by atomic mass is 79.9. The maximum atomic E-state index is 5.94. The maximum absolute atomic E-state index is 5.94. The average Bonchev–Trinajstić information content (AvgIpc) is 2.64. The number of piperazine rings is 1. The van der Waals surface area contributed by atoms with Gasteiger partial charge >= 0.3 is 0 Å². The molecule has 1 heterocycles. The van der Waals surface area contributed by atoms with Crippen LogP contribution < -0.4 is 0 Å². The van der Waals surface area contributed by atoms with Gasteiger partial charge in [-0.15, -0.1) is 0 Å². The summed E-state index contributed by atoms with van der Waals surface area (Å²) in [5.74, 6) is 0. The van der Waals surface area contributed by atoms with E-state index in [0.717, 1.165) is 47.8 Å². The van der Waals surface area contributed by atoms with E-state index in [9.17, 15) is 0 Å². The molecule has 0 spiro atoms. The Morgan fingerprint density at radius 1 is 1.00 bits per heavy atom. The van der Waals surface area contributed by atoms with Crippen LogP contribution in [0.1, 0.15) is 11.1 Å². The van der Waals surface area contributed by atoms with Crippen LogP contribution in [0.2, 0.25) is 5.02 Å². The van der Waals surface area contributed by atoms with Crippen molar-refractivity contribution >= 4 is 39.8 Å². The Bertz CT molecular complexity index is 720. The van der Waals surface area contributed by atoms with Crippen LogP contribution in [-0.2, 0) is 6.54 Å². The first-order valence-electron chi connectivity index (χ1n) is 8.37. The van der Waals surface area contributed by atoms with Crippen molar-refractivity contribution in [1.29, 1.82) is 0 Å². The number of allylic oxidation sites excluding steroid dienone is 1. The Morgan fingerprint density at radius 2 is 1.68 bits per heavy atom. The lowest BCUT2D eigenvalue weighted by molar-refractivity contribution is 0.131. The molecule has 1 saturated heterocycles. The van der Waals surface area contributed by atoms with Crippen molar-refractivity contribution in [2.24, 2.45) is 5.10 Å². The van der Waals surface area contributed by atoms with Crippen LogP contribution >= 0.6 is 27.5 Å². The number of benzene rings is 2. The fourth-order valence-corrected chi connectivity index (χ4v) is 3.22. The zero-order valence-electron chi connectivity index (χ0n) is 14.0. The third-order valence-electron chi connectivity index (χ3n) is 4.12. The summed E-state index contributed by atoms with van der Waals surface area (Å²) in [5.41, 5.74) is 2.46. The topological polar surface area (TPSA) is 18.8 Å². The van der Waals surface area contributed by atoms with Crippen molar-refractivity contribution in [3.05, 3.63) is 75.2 Å². The van der Waals surface area contributed by atoms with E-state index in [1.54, 1.807) is 0 Å². The summed E-state index contributed by atoms with van der Waals surface area (Å²) in [7, 11) is 0. The van der Waals surface area contributed by atoms with Gasteiger partial charge in [-0.25, -0.2) is 0 Å². The lowest BCUT2D eigenvalue weighted by atomic mass is 10.2. The molecule has 1 aliphatic rings. The molecule has 0 unspecified atom stereocenters. The smallest absolute Gasteiger partial charge is 0.0612 e. The fourth-order valence-electron chi connectivity index (χ4n) is 2.74. The molecule has 0 saturated carbocycles. The van der Waals surface area contributed by atoms with Gasteiger partial charge in [0.2, 0.25) is 0 Å². The lowest BCUT2D eigenvalue weighted by Gasteiger charge is -2.33. The highest BCUT2D eigenvalue weighted by Gasteiger charge is 2.15. The summed E-state index contributed by atoms with van der Waals surface area (Å²) in [5, 5.41) is 7.49. The molecule has 3 nitrogen and oxygen atoms in total. The van der Waals surface area contributed by atoms with Gasteiger partial charge in [-0.3, -0.25) is 9.91 Å². The Kier molecular flexibility index (Phi) is 6.68. The van der Waals surface area contributed by atoms with E-state index in [1.807, 2.05) is 36.5 Å². The number of hydrogen-bond donors (Lipinski definition) is 0. The van der Waals surface area contributed by atoms with Crippen LogP contribution in [0, 0.1) is 0 Å². The van der Waals surface area contributed by atoms with Crippen molar-refractivity contribution in [1.82, 2.24) is 9.91 Å². The molecule has 0 radical (unpaired) electrons. The van der Waals surface area contributed by atoms with Crippen LogP contribution in [0.5, 0.6) is 0 Å². The molecule has 2 aromatic carbocycles. The van der Waals surface area contributed by atoms with Gasteiger partial charge in [-0.05, 0) is 45.3 Å². The summed E-state index contributed by atoms with van der Waals surface area (Å²) >= 11 is 9.51. The molecule has 3 rings (SSSR count). The third-order valence-corrected chi connectivity index (χ3v) is 4.80. The fraction of sp³-hybridized carbons (Fsp3) is 0.250. The van der Waals surface area contributed by atoms with Gasteiger partial charge in [0.25, 0.3) is 0 Å². The summed E-state index contributed by atoms with van der Waals surface area (Å²) < 4.78 is 0.974. The molecular formula is C20H21BrClN3. The van der Waals surface area contributed by atoms with Gasteiger partial charge in [0.05, 0.1) is 6.21 Å². The molecule has 0 aliphatic carbocycles. The molecule has 0 atom stereocenters. The molecule has 130 valence electrons.